The van der Waals surface area contributed by atoms with Gasteiger partial charge < -0.3 is 5.11 Å². The van der Waals surface area contributed by atoms with Crippen molar-refractivity contribution in [1.82, 2.24) is 9.55 Å². The highest BCUT2D eigenvalue weighted by atomic mass is 35.5. The molecular weight excluding hydrogens is 295 g/mol. The molecule has 106 valence electrons. The number of aromatic carboxylic acids is 1. The number of para-hydroxylation sites is 1. The lowest BCUT2D eigenvalue weighted by molar-refractivity contribution is 0.0699. The van der Waals surface area contributed by atoms with E-state index in [0.717, 1.165) is 0 Å². The van der Waals surface area contributed by atoms with Crippen molar-refractivity contribution in [3.8, 4) is 5.69 Å². The number of rotatable bonds is 2. The molecule has 0 saturated carbocycles. The van der Waals surface area contributed by atoms with Gasteiger partial charge >= 0.3 is 5.97 Å². The number of halogens is 2. The molecule has 0 bridgehead atoms. The summed E-state index contributed by atoms with van der Waals surface area (Å²) < 4.78 is 15.1. The van der Waals surface area contributed by atoms with Crippen molar-refractivity contribution >= 4 is 28.6 Å². The summed E-state index contributed by atoms with van der Waals surface area (Å²) in [5, 5.41) is 9.58. The molecule has 3 aromatic rings. The zero-order valence-electron chi connectivity index (χ0n) is 11.0. The summed E-state index contributed by atoms with van der Waals surface area (Å²) in [5.41, 5.74) is 1.45. The largest absolute Gasteiger partial charge is 0.478 e. The highest BCUT2D eigenvalue weighted by Crippen LogP contribution is 2.28. The molecule has 1 N–H and O–H groups in total. The summed E-state index contributed by atoms with van der Waals surface area (Å²) in [6.07, 6.45) is 0. The topological polar surface area (TPSA) is 55.1 Å². The Labute approximate surface area is 124 Å². The van der Waals surface area contributed by atoms with Crippen molar-refractivity contribution in [2.45, 2.75) is 6.92 Å². The zero-order valence-corrected chi connectivity index (χ0v) is 11.7. The van der Waals surface area contributed by atoms with Gasteiger partial charge in [0, 0.05) is 0 Å². The van der Waals surface area contributed by atoms with E-state index in [-0.39, 0.29) is 5.56 Å². The van der Waals surface area contributed by atoms with Crippen LogP contribution in [0.5, 0.6) is 0 Å². The van der Waals surface area contributed by atoms with Crippen molar-refractivity contribution in [2.24, 2.45) is 0 Å². The number of nitrogens with zero attached hydrogens (tertiary/aromatic N) is 2. The van der Waals surface area contributed by atoms with Crippen LogP contribution in [-0.2, 0) is 0 Å². The van der Waals surface area contributed by atoms with E-state index >= 15 is 0 Å². The highest BCUT2D eigenvalue weighted by Gasteiger charge is 2.17. The van der Waals surface area contributed by atoms with Crippen LogP contribution in [0.1, 0.15) is 16.2 Å². The van der Waals surface area contributed by atoms with E-state index in [1.54, 1.807) is 23.6 Å². The van der Waals surface area contributed by atoms with Gasteiger partial charge in [0.1, 0.15) is 17.2 Å². The summed E-state index contributed by atoms with van der Waals surface area (Å²) in [6.45, 7) is 1.72. The van der Waals surface area contributed by atoms with Crippen molar-refractivity contribution in [2.75, 3.05) is 0 Å². The molecule has 21 heavy (non-hydrogen) atoms. The van der Waals surface area contributed by atoms with Gasteiger partial charge in [-0.05, 0) is 37.3 Å². The smallest absolute Gasteiger partial charge is 0.337 e. The first-order chi connectivity index (χ1) is 9.99. The average molecular weight is 305 g/mol. The molecule has 1 heterocycles. The number of carbonyl (C=O) groups is 1. The quantitative estimate of drug-likeness (QED) is 0.783. The minimum Gasteiger partial charge on any atom is -0.478 e. The molecule has 1 aromatic heterocycles. The van der Waals surface area contributed by atoms with Crippen molar-refractivity contribution in [3.05, 3.63) is 58.6 Å². The Kier molecular flexibility index (Phi) is 3.14. The van der Waals surface area contributed by atoms with E-state index in [9.17, 15) is 14.3 Å². The van der Waals surface area contributed by atoms with Crippen molar-refractivity contribution in [1.29, 1.82) is 0 Å². The minimum absolute atomic E-state index is 0.0990. The molecule has 0 aliphatic rings. The summed E-state index contributed by atoms with van der Waals surface area (Å²) in [7, 11) is 0. The zero-order chi connectivity index (χ0) is 15.1. The summed E-state index contributed by atoms with van der Waals surface area (Å²) in [6, 6.07) is 8.85. The number of aromatic nitrogens is 2. The molecule has 0 fully saturated rings. The van der Waals surface area contributed by atoms with Crippen LogP contribution in [-0.4, -0.2) is 20.6 Å². The number of aryl methyl sites for hydroxylation is 1. The molecule has 0 atom stereocenters. The summed E-state index contributed by atoms with van der Waals surface area (Å²) in [5.74, 6) is -0.952. The third-order valence-electron chi connectivity index (χ3n) is 3.23. The third-order valence-corrected chi connectivity index (χ3v) is 3.55. The predicted octanol–water partition coefficient (Wildman–Crippen LogP) is 3.82. The first-order valence-electron chi connectivity index (χ1n) is 6.16. The lowest BCUT2D eigenvalue weighted by atomic mass is 10.2. The van der Waals surface area contributed by atoms with E-state index in [2.05, 4.69) is 4.98 Å². The first-order valence-corrected chi connectivity index (χ1v) is 6.53. The molecule has 0 aliphatic carbocycles. The van der Waals surface area contributed by atoms with Crippen molar-refractivity contribution in [3.63, 3.8) is 0 Å². The number of carboxylic acids is 1. The number of carboxylic acid groups (broad SMARTS) is 1. The second-order valence-corrected chi connectivity index (χ2v) is 4.98. The molecule has 6 heteroatoms. The molecule has 2 aromatic carbocycles. The van der Waals surface area contributed by atoms with Gasteiger partial charge in [-0.1, -0.05) is 17.7 Å². The summed E-state index contributed by atoms with van der Waals surface area (Å²) in [4.78, 5) is 15.5. The van der Waals surface area contributed by atoms with Crippen LogP contribution in [0.4, 0.5) is 4.39 Å². The first kappa shape index (κ1) is 13.6. The Bertz CT molecular complexity index is 873. The molecule has 0 saturated heterocycles. The molecule has 4 nitrogen and oxygen atoms in total. The second-order valence-electron chi connectivity index (χ2n) is 4.57. The van der Waals surface area contributed by atoms with Crippen LogP contribution in [0.25, 0.3) is 16.7 Å². The molecular formula is C15H10ClFN2O2. The van der Waals surface area contributed by atoms with Crippen LogP contribution in [0.2, 0.25) is 5.02 Å². The van der Waals surface area contributed by atoms with Gasteiger partial charge in [-0.2, -0.15) is 0 Å². The molecule has 0 spiro atoms. The van der Waals surface area contributed by atoms with Gasteiger partial charge in [-0.25, -0.2) is 14.2 Å². The second kappa shape index (κ2) is 4.86. The molecule has 0 aliphatic heterocycles. The maximum Gasteiger partial charge on any atom is 0.337 e. The van der Waals surface area contributed by atoms with Crippen molar-refractivity contribution < 1.29 is 14.3 Å². The Morgan fingerprint density at radius 3 is 2.81 bits per heavy atom. The van der Waals surface area contributed by atoms with Crippen LogP contribution in [0, 0.1) is 12.7 Å². The molecule has 0 radical (unpaired) electrons. The number of fused-ring (bicyclic) bond motifs is 1. The lowest BCUT2D eigenvalue weighted by Crippen LogP contribution is -1.99. The number of imidazole rings is 1. The summed E-state index contributed by atoms with van der Waals surface area (Å²) >= 11 is 6.13. The standard InChI is InChI=1S/C15H10ClFN2O2/c1-8-18-14-10(15(20)21)3-2-4-12(14)19(8)13-7-9(17)5-6-11(13)16/h2-7H,1H3,(H,20,21). The molecule has 0 unspecified atom stereocenters. The van der Waals surface area contributed by atoms with Gasteiger partial charge in [-0.3, -0.25) is 4.57 Å². The minimum atomic E-state index is -1.06. The van der Waals surface area contributed by atoms with E-state index < -0.39 is 11.8 Å². The van der Waals surface area contributed by atoms with Crippen LogP contribution >= 0.6 is 11.6 Å². The fourth-order valence-electron chi connectivity index (χ4n) is 2.35. The number of hydrogen-bond donors (Lipinski definition) is 1. The maximum atomic E-state index is 13.5. The van der Waals surface area contributed by atoms with E-state index in [0.29, 0.717) is 27.6 Å². The Balaban J connectivity index is 2.38. The van der Waals surface area contributed by atoms with Crippen LogP contribution < -0.4 is 0 Å². The number of hydrogen-bond acceptors (Lipinski definition) is 2. The molecule has 0 amide bonds. The van der Waals surface area contributed by atoms with E-state index in [1.165, 1.54) is 24.3 Å². The van der Waals surface area contributed by atoms with Gasteiger partial charge in [0.2, 0.25) is 0 Å². The van der Waals surface area contributed by atoms with E-state index in [4.69, 9.17) is 11.6 Å². The van der Waals surface area contributed by atoms with Crippen LogP contribution in [0.3, 0.4) is 0 Å². The Morgan fingerprint density at radius 1 is 1.33 bits per heavy atom. The van der Waals surface area contributed by atoms with Gasteiger partial charge in [0.15, 0.2) is 0 Å². The van der Waals surface area contributed by atoms with Gasteiger partial charge in [0.05, 0.1) is 21.8 Å². The van der Waals surface area contributed by atoms with Gasteiger partial charge in [0.25, 0.3) is 0 Å². The fraction of sp³-hybridized carbons (Fsp3) is 0.0667. The Hall–Kier alpha value is -2.40. The average Bonchev–Trinajstić information content (AvgIpc) is 2.77. The predicted molar refractivity (Wildman–Crippen MR) is 77.7 cm³/mol. The SMILES string of the molecule is Cc1nc2c(C(=O)O)cccc2n1-c1cc(F)ccc1Cl. The molecule has 3 rings (SSSR count). The van der Waals surface area contributed by atoms with Crippen LogP contribution in [0.15, 0.2) is 36.4 Å². The third kappa shape index (κ3) is 2.15. The van der Waals surface area contributed by atoms with Gasteiger partial charge in [-0.15, -0.1) is 0 Å². The Morgan fingerprint density at radius 2 is 2.10 bits per heavy atom. The highest BCUT2D eigenvalue weighted by molar-refractivity contribution is 6.32. The van der Waals surface area contributed by atoms with E-state index in [1.807, 2.05) is 0 Å². The number of benzene rings is 2. The normalized spacial score (nSPS) is 11.0. The monoisotopic (exact) mass is 304 g/mol. The maximum absolute atomic E-state index is 13.5. The fourth-order valence-corrected chi connectivity index (χ4v) is 2.55. The lowest BCUT2D eigenvalue weighted by Gasteiger charge is -2.09.